The molecule has 0 N–H and O–H groups in total. The minimum absolute atomic E-state index is 0.0670. The molecule has 0 saturated carbocycles. The Kier molecular flexibility index (Phi) is 6.44. The highest BCUT2D eigenvalue weighted by molar-refractivity contribution is 7.99. The number of carbonyl (C=O) groups excluding carboxylic acids is 2. The quantitative estimate of drug-likeness (QED) is 0.749. The Morgan fingerprint density at radius 3 is 2.29 bits per heavy atom. The molecule has 4 nitrogen and oxygen atoms in total. The first kappa shape index (κ1) is 18.1. The lowest BCUT2D eigenvalue weighted by molar-refractivity contribution is -0.117. The first-order valence-electron chi connectivity index (χ1n) is 7.64. The van der Waals surface area contributed by atoms with Crippen LogP contribution in [0.25, 0.3) is 0 Å². The summed E-state index contributed by atoms with van der Waals surface area (Å²) in [7, 11) is 3.16. The van der Waals surface area contributed by atoms with Crippen LogP contribution in [-0.4, -0.2) is 31.3 Å². The van der Waals surface area contributed by atoms with E-state index >= 15 is 0 Å². The number of hydrogen-bond acceptors (Lipinski definition) is 4. The molecule has 2 aromatic rings. The molecule has 5 heteroatoms. The molecule has 0 aromatic heterocycles. The van der Waals surface area contributed by atoms with Gasteiger partial charge in [-0.3, -0.25) is 4.79 Å². The molecule has 1 amide bonds. The number of thioether (sulfide) groups is 1. The van der Waals surface area contributed by atoms with Crippen molar-refractivity contribution in [3.8, 4) is 0 Å². The van der Waals surface area contributed by atoms with Crippen LogP contribution in [0.15, 0.2) is 54.6 Å². The number of anilines is 1. The zero-order valence-corrected chi connectivity index (χ0v) is 14.9. The van der Waals surface area contributed by atoms with E-state index in [2.05, 4.69) is 4.74 Å². The van der Waals surface area contributed by atoms with E-state index in [1.54, 1.807) is 35.8 Å². The van der Waals surface area contributed by atoms with Crippen molar-refractivity contribution in [2.24, 2.45) is 0 Å². The normalized spacial score (nSPS) is 11.6. The maximum Gasteiger partial charge on any atom is 0.337 e. The van der Waals surface area contributed by atoms with Crippen molar-refractivity contribution in [1.82, 2.24) is 0 Å². The summed E-state index contributed by atoms with van der Waals surface area (Å²) in [6, 6.07) is 16.8. The van der Waals surface area contributed by atoms with Gasteiger partial charge in [0.2, 0.25) is 5.91 Å². The van der Waals surface area contributed by atoms with E-state index in [9.17, 15) is 9.59 Å². The molecule has 0 spiro atoms. The second-order valence-corrected chi connectivity index (χ2v) is 6.70. The summed E-state index contributed by atoms with van der Waals surface area (Å²) in [6.45, 7) is 1.91. The molecule has 2 aromatic carbocycles. The summed E-state index contributed by atoms with van der Waals surface area (Å²) < 4.78 is 4.68. The minimum Gasteiger partial charge on any atom is -0.465 e. The van der Waals surface area contributed by atoms with E-state index in [-0.39, 0.29) is 17.1 Å². The van der Waals surface area contributed by atoms with Crippen LogP contribution in [0.3, 0.4) is 0 Å². The van der Waals surface area contributed by atoms with Gasteiger partial charge >= 0.3 is 5.97 Å². The number of amides is 1. The fourth-order valence-corrected chi connectivity index (χ4v) is 3.13. The monoisotopic (exact) mass is 343 g/mol. The first-order chi connectivity index (χ1) is 11.5. The van der Waals surface area contributed by atoms with Crippen LogP contribution in [-0.2, 0) is 15.3 Å². The summed E-state index contributed by atoms with van der Waals surface area (Å²) in [5.74, 6) is 0.427. The van der Waals surface area contributed by atoms with Gasteiger partial charge in [0.25, 0.3) is 0 Å². The largest absolute Gasteiger partial charge is 0.465 e. The summed E-state index contributed by atoms with van der Waals surface area (Å²) in [6.07, 6.45) is 0. The van der Waals surface area contributed by atoms with Gasteiger partial charge in [-0.05, 0) is 36.8 Å². The third-order valence-electron chi connectivity index (χ3n) is 3.70. The average molecular weight is 343 g/mol. The van der Waals surface area contributed by atoms with Crippen LogP contribution in [0.2, 0.25) is 0 Å². The Labute approximate surface area is 146 Å². The number of esters is 1. The zero-order valence-electron chi connectivity index (χ0n) is 14.1. The highest BCUT2D eigenvalue weighted by Gasteiger charge is 2.19. The lowest BCUT2D eigenvalue weighted by Gasteiger charge is -2.21. The molecule has 0 aliphatic carbocycles. The van der Waals surface area contributed by atoms with Crippen LogP contribution >= 0.6 is 11.8 Å². The molecule has 0 heterocycles. The van der Waals surface area contributed by atoms with E-state index < -0.39 is 0 Å². The standard InChI is InChI=1S/C19H21NO3S/c1-14(18(21)20(2)17-7-5-4-6-8-17)24-13-15-9-11-16(12-10-15)19(22)23-3/h4-12,14H,13H2,1-3H3. The maximum atomic E-state index is 12.5. The summed E-state index contributed by atoms with van der Waals surface area (Å²) >= 11 is 1.57. The van der Waals surface area contributed by atoms with Gasteiger partial charge in [0.1, 0.15) is 0 Å². The number of nitrogens with zero attached hydrogens (tertiary/aromatic N) is 1. The predicted octanol–water partition coefficient (Wildman–Crippen LogP) is 3.76. The number of hydrogen-bond donors (Lipinski definition) is 0. The molecule has 1 unspecified atom stereocenters. The van der Waals surface area contributed by atoms with Gasteiger partial charge < -0.3 is 9.64 Å². The van der Waals surface area contributed by atoms with Gasteiger partial charge in [-0.1, -0.05) is 30.3 Å². The minimum atomic E-state index is -0.345. The smallest absolute Gasteiger partial charge is 0.337 e. The fourth-order valence-electron chi connectivity index (χ4n) is 2.20. The van der Waals surface area contributed by atoms with Gasteiger partial charge in [-0.25, -0.2) is 4.79 Å². The zero-order chi connectivity index (χ0) is 17.5. The highest BCUT2D eigenvalue weighted by Crippen LogP contribution is 2.22. The Balaban J connectivity index is 1.91. The van der Waals surface area contributed by atoms with Crippen molar-refractivity contribution in [3.05, 3.63) is 65.7 Å². The van der Waals surface area contributed by atoms with Crippen LogP contribution in [0.1, 0.15) is 22.8 Å². The summed E-state index contributed by atoms with van der Waals surface area (Å²) in [4.78, 5) is 25.6. The molecule has 0 radical (unpaired) electrons. The molecule has 126 valence electrons. The van der Waals surface area contributed by atoms with Gasteiger partial charge in [0.05, 0.1) is 17.9 Å². The van der Waals surface area contributed by atoms with Crippen LogP contribution < -0.4 is 4.90 Å². The molecule has 2 rings (SSSR count). The number of para-hydroxylation sites is 1. The van der Waals surface area contributed by atoms with Crippen LogP contribution in [0, 0.1) is 0 Å². The van der Waals surface area contributed by atoms with Crippen molar-refractivity contribution in [3.63, 3.8) is 0 Å². The molecule has 0 bridgehead atoms. The van der Waals surface area contributed by atoms with Gasteiger partial charge in [-0.2, -0.15) is 0 Å². The number of rotatable bonds is 6. The maximum absolute atomic E-state index is 12.5. The molecule has 0 saturated heterocycles. The lowest BCUT2D eigenvalue weighted by atomic mass is 10.1. The van der Waals surface area contributed by atoms with E-state index in [1.165, 1.54) is 7.11 Å². The van der Waals surface area contributed by atoms with Crippen molar-refractivity contribution >= 4 is 29.3 Å². The van der Waals surface area contributed by atoms with Crippen molar-refractivity contribution in [1.29, 1.82) is 0 Å². The molecular formula is C19H21NO3S. The predicted molar refractivity (Wildman–Crippen MR) is 98.4 cm³/mol. The number of carbonyl (C=O) groups is 2. The molecular weight excluding hydrogens is 322 g/mol. The third kappa shape index (κ3) is 4.61. The van der Waals surface area contributed by atoms with Crippen molar-refractivity contribution in [2.45, 2.75) is 17.9 Å². The Bertz CT molecular complexity index is 686. The Hall–Kier alpha value is -2.27. The SMILES string of the molecule is COC(=O)c1ccc(CSC(C)C(=O)N(C)c2ccccc2)cc1. The molecule has 24 heavy (non-hydrogen) atoms. The van der Waals surface area contributed by atoms with Gasteiger partial charge in [0, 0.05) is 18.5 Å². The molecule has 1 atom stereocenters. The van der Waals surface area contributed by atoms with Crippen LogP contribution in [0.4, 0.5) is 5.69 Å². The average Bonchev–Trinajstić information content (AvgIpc) is 2.65. The molecule has 0 fully saturated rings. The summed E-state index contributed by atoms with van der Waals surface area (Å²) in [5.41, 5.74) is 2.48. The topological polar surface area (TPSA) is 46.6 Å². The molecule has 0 aliphatic heterocycles. The first-order valence-corrected chi connectivity index (χ1v) is 8.69. The fraction of sp³-hybridized carbons (Fsp3) is 0.263. The second kappa shape index (κ2) is 8.55. The summed E-state index contributed by atoms with van der Waals surface area (Å²) in [5, 5.41) is -0.157. The van der Waals surface area contributed by atoms with E-state index in [0.717, 1.165) is 11.3 Å². The number of methoxy groups -OCH3 is 1. The van der Waals surface area contributed by atoms with Crippen molar-refractivity contribution < 1.29 is 14.3 Å². The molecule has 0 aliphatic rings. The van der Waals surface area contributed by atoms with E-state index in [1.807, 2.05) is 49.4 Å². The van der Waals surface area contributed by atoms with Gasteiger partial charge in [0.15, 0.2) is 0 Å². The highest BCUT2D eigenvalue weighted by atomic mass is 32.2. The lowest BCUT2D eigenvalue weighted by Crippen LogP contribution is -2.33. The Morgan fingerprint density at radius 1 is 1.08 bits per heavy atom. The number of ether oxygens (including phenoxy) is 1. The second-order valence-electron chi connectivity index (χ2n) is 5.37. The third-order valence-corrected chi connectivity index (χ3v) is 4.90. The Morgan fingerprint density at radius 2 is 1.71 bits per heavy atom. The van der Waals surface area contributed by atoms with E-state index in [4.69, 9.17) is 0 Å². The van der Waals surface area contributed by atoms with E-state index in [0.29, 0.717) is 11.3 Å². The van der Waals surface area contributed by atoms with Crippen molar-refractivity contribution in [2.75, 3.05) is 19.1 Å². The number of benzene rings is 2. The van der Waals surface area contributed by atoms with Gasteiger partial charge in [-0.15, -0.1) is 11.8 Å². The van der Waals surface area contributed by atoms with Crippen LogP contribution in [0.5, 0.6) is 0 Å².